The maximum absolute atomic E-state index is 13.2. The van der Waals surface area contributed by atoms with Gasteiger partial charge in [-0.1, -0.05) is 36.3 Å². The summed E-state index contributed by atoms with van der Waals surface area (Å²) in [6.45, 7) is 5.67. The number of aromatic nitrogens is 1. The zero-order chi connectivity index (χ0) is 17.4. The average molecular weight is 359 g/mol. The highest BCUT2D eigenvalue weighted by molar-refractivity contribution is 7.22. The van der Waals surface area contributed by atoms with Crippen molar-refractivity contribution >= 4 is 32.6 Å². The number of carbonyl (C=O) groups is 1. The molecule has 2 aromatic rings. The number of benzene rings is 1. The summed E-state index contributed by atoms with van der Waals surface area (Å²) in [5.74, 6) is 0.415. The van der Waals surface area contributed by atoms with E-state index < -0.39 is 0 Å². The number of amides is 1. The van der Waals surface area contributed by atoms with Crippen LogP contribution in [0.1, 0.15) is 49.7 Å². The number of aryl methyl sites for hydroxylation is 2. The third-order valence-corrected chi connectivity index (χ3v) is 6.76. The fourth-order valence-corrected chi connectivity index (χ4v) is 5.14. The number of nitrogens with zero attached hydrogens (tertiary/aromatic N) is 2. The van der Waals surface area contributed by atoms with Gasteiger partial charge in [0.2, 0.25) is 5.91 Å². The number of rotatable bonds is 4. The van der Waals surface area contributed by atoms with Crippen molar-refractivity contribution in [2.45, 2.75) is 58.5 Å². The van der Waals surface area contributed by atoms with Gasteiger partial charge in [0.25, 0.3) is 0 Å². The summed E-state index contributed by atoms with van der Waals surface area (Å²) in [6, 6.07) is 4.26. The summed E-state index contributed by atoms with van der Waals surface area (Å²) >= 11 is 1.66. The monoisotopic (exact) mass is 358 g/mol. The van der Waals surface area contributed by atoms with Crippen LogP contribution in [-0.2, 0) is 9.53 Å². The zero-order valence-electron chi connectivity index (χ0n) is 15.1. The molecule has 0 unspecified atom stereocenters. The SMILES string of the molecule is Cc1ccc(C)c2sc(N(C[C@@H]3CCCO3)C(=O)C3CCCC3)nc12. The van der Waals surface area contributed by atoms with Crippen molar-refractivity contribution in [1.82, 2.24) is 4.98 Å². The second-order valence-electron chi connectivity index (χ2n) is 7.44. The minimum atomic E-state index is 0.152. The van der Waals surface area contributed by atoms with Gasteiger partial charge in [-0.3, -0.25) is 9.69 Å². The lowest BCUT2D eigenvalue weighted by molar-refractivity contribution is -0.122. The van der Waals surface area contributed by atoms with Crippen molar-refractivity contribution in [2.75, 3.05) is 18.1 Å². The van der Waals surface area contributed by atoms with Gasteiger partial charge in [-0.25, -0.2) is 4.98 Å². The highest BCUT2D eigenvalue weighted by Crippen LogP contribution is 2.36. The third kappa shape index (κ3) is 3.32. The Balaban J connectivity index is 1.70. The Morgan fingerprint density at radius 2 is 1.96 bits per heavy atom. The lowest BCUT2D eigenvalue weighted by Gasteiger charge is -2.25. The van der Waals surface area contributed by atoms with Crippen LogP contribution in [-0.4, -0.2) is 30.1 Å². The van der Waals surface area contributed by atoms with Gasteiger partial charge in [0, 0.05) is 12.5 Å². The lowest BCUT2D eigenvalue weighted by Crippen LogP contribution is -2.40. The predicted molar refractivity (Wildman–Crippen MR) is 102 cm³/mol. The van der Waals surface area contributed by atoms with Crippen LogP contribution < -0.4 is 4.90 Å². The molecular weight excluding hydrogens is 332 g/mol. The Bertz CT molecular complexity index is 734. The van der Waals surface area contributed by atoms with E-state index in [1.54, 1.807) is 11.3 Å². The van der Waals surface area contributed by atoms with Crippen LogP contribution in [0.15, 0.2) is 12.1 Å². The number of anilines is 1. The third-order valence-electron chi connectivity index (χ3n) is 5.54. The van der Waals surface area contributed by atoms with Crippen molar-refractivity contribution in [3.63, 3.8) is 0 Å². The Labute approximate surface area is 153 Å². The summed E-state index contributed by atoms with van der Waals surface area (Å²) in [4.78, 5) is 20.0. The standard InChI is InChI=1S/C20H26N2O2S/c1-13-9-10-14(2)18-17(13)21-20(25-18)22(12-16-8-5-11-24-16)19(23)15-6-3-4-7-15/h9-10,15-16H,3-8,11-12H2,1-2H3/t16-/m0/s1. The molecule has 4 rings (SSSR count). The highest BCUT2D eigenvalue weighted by Gasteiger charge is 2.32. The van der Waals surface area contributed by atoms with Gasteiger partial charge in [-0.15, -0.1) is 0 Å². The molecule has 0 spiro atoms. The molecule has 1 aromatic heterocycles. The number of hydrogen-bond donors (Lipinski definition) is 0. The van der Waals surface area contributed by atoms with Gasteiger partial charge in [0.15, 0.2) is 5.13 Å². The zero-order valence-corrected chi connectivity index (χ0v) is 15.9. The van der Waals surface area contributed by atoms with E-state index in [2.05, 4.69) is 26.0 Å². The van der Waals surface area contributed by atoms with E-state index >= 15 is 0 Å². The molecule has 1 saturated carbocycles. The fraction of sp³-hybridized carbons (Fsp3) is 0.600. The van der Waals surface area contributed by atoms with E-state index in [-0.39, 0.29) is 17.9 Å². The summed E-state index contributed by atoms with van der Waals surface area (Å²) < 4.78 is 7.02. The smallest absolute Gasteiger partial charge is 0.231 e. The molecule has 1 amide bonds. The Morgan fingerprint density at radius 3 is 2.64 bits per heavy atom. The fourth-order valence-electron chi connectivity index (χ4n) is 4.01. The summed E-state index contributed by atoms with van der Waals surface area (Å²) in [6.07, 6.45) is 6.66. The van der Waals surface area contributed by atoms with Crippen LogP contribution in [0.2, 0.25) is 0 Å². The van der Waals surface area contributed by atoms with E-state index in [9.17, 15) is 4.79 Å². The second-order valence-corrected chi connectivity index (χ2v) is 8.42. The van der Waals surface area contributed by atoms with Crippen molar-refractivity contribution in [2.24, 2.45) is 5.92 Å². The molecule has 0 radical (unpaired) electrons. The molecule has 2 fully saturated rings. The molecule has 2 heterocycles. The number of thiazole rings is 1. The van der Waals surface area contributed by atoms with Gasteiger partial charge in [0.05, 0.1) is 22.9 Å². The molecule has 0 bridgehead atoms. The Hall–Kier alpha value is -1.46. The first-order valence-corrected chi connectivity index (χ1v) is 10.2. The first-order chi connectivity index (χ1) is 12.1. The van der Waals surface area contributed by atoms with Crippen molar-refractivity contribution in [3.05, 3.63) is 23.3 Å². The Morgan fingerprint density at radius 1 is 1.20 bits per heavy atom. The minimum Gasteiger partial charge on any atom is -0.376 e. The summed E-state index contributed by atoms with van der Waals surface area (Å²) in [5, 5.41) is 0.847. The van der Waals surface area contributed by atoms with Crippen molar-refractivity contribution < 1.29 is 9.53 Å². The first kappa shape index (κ1) is 17.0. The van der Waals surface area contributed by atoms with Crippen molar-refractivity contribution in [1.29, 1.82) is 0 Å². The first-order valence-electron chi connectivity index (χ1n) is 9.43. The van der Waals surface area contributed by atoms with E-state index in [0.717, 1.165) is 42.9 Å². The van der Waals surface area contributed by atoms with E-state index in [4.69, 9.17) is 9.72 Å². The van der Waals surface area contributed by atoms with Crippen LogP contribution in [0, 0.1) is 19.8 Å². The lowest BCUT2D eigenvalue weighted by atomic mass is 10.1. The molecule has 0 N–H and O–H groups in total. The number of ether oxygens (including phenoxy) is 1. The molecule has 25 heavy (non-hydrogen) atoms. The number of fused-ring (bicyclic) bond motifs is 1. The van der Waals surface area contributed by atoms with Crippen LogP contribution in [0.25, 0.3) is 10.2 Å². The topological polar surface area (TPSA) is 42.4 Å². The molecule has 134 valence electrons. The van der Waals surface area contributed by atoms with Gasteiger partial charge < -0.3 is 4.74 Å². The number of hydrogen-bond acceptors (Lipinski definition) is 4. The quantitative estimate of drug-likeness (QED) is 0.801. The molecule has 1 aliphatic carbocycles. The molecule has 1 atom stereocenters. The molecule has 1 aromatic carbocycles. The van der Waals surface area contributed by atoms with Gasteiger partial charge in [0.1, 0.15) is 0 Å². The van der Waals surface area contributed by atoms with Gasteiger partial charge in [-0.05, 0) is 50.7 Å². The maximum Gasteiger partial charge on any atom is 0.231 e. The van der Waals surface area contributed by atoms with Crippen LogP contribution in [0.4, 0.5) is 5.13 Å². The van der Waals surface area contributed by atoms with Crippen LogP contribution in [0.5, 0.6) is 0 Å². The Kier molecular flexibility index (Phi) is 4.78. The minimum absolute atomic E-state index is 0.152. The normalized spacial score (nSPS) is 21.3. The van der Waals surface area contributed by atoms with E-state index in [1.165, 1.54) is 28.7 Å². The van der Waals surface area contributed by atoms with E-state index in [1.807, 2.05) is 4.90 Å². The van der Waals surface area contributed by atoms with Crippen molar-refractivity contribution in [3.8, 4) is 0 Å². The van der Waals surface area contributed by atoms with Gasteiger partial charge in [-0.2, -0.15) is 0 Å². The van der Waals surface area contributed by atoms with Crippen LogP contribution >= 0.6 is 11.3 Å². The molecule has 5 heteroatoms. The van der Waals surface area contributed by atoms with E-state index in [0.29, 0.717) is 6.54 Å². The average Bonchev–Trinajstić information content (AvgIpc) is 3.36. The molecule has 1 saturated heterocycles. The summed E-state index contributed by atoms with van der Waals surface area (Å²) in [7, 11) is 0. The molecule has 4 nitrogen and oxygen atoms in total. The maximum atomic E-state index is 13.2. The molecule has 2 aliphatic rings. The highest BCUT2D eigenvalue weighted by atomic mass is 32.1. The molecule has 1 aliphatic heterocycles. The predicted octanol–water partition coefficient (Wildman–Crippen LogP) is 4.62. The molecular formula is C20H26N2O2S. The second kappa shape index (κ2) is 7.04. The van der Waals surface area contributed by atoms with Gasteiger partial charge >= 0.3 is 0 Å². The summed E-state index contributed by atoms with van der Waals surface area (Å²) in [5.41, 5.74) is 3.44. The van der Waals surface area contributed by atoms with Crippen LogP contribution in [0.3, 0.4) is 0 Å². The number of carbonyl (C=O) groups excluding carboxylic acids is 1. The largest absolute Gasteiger partial charge is 0.376 e.